The first-order valence-electron chi connectivity index (χ1n) is 10.2. The fourth-order valence-electron chi connectivity index (χ4n) is 3.97. The van der Waals surface area contributed by atoms with Gasteiger partial charge in [-0.3, -0.25) is 14.5 Å². The molecule has 1 aliphatic rings. The van der Waals surface area contributed by atoms with Gasteiger partial charge in [0.05, 0.1) is 23.6 Å². The van der Waals surface area contributed by atoms with E-state index in [1.165, 1.54) is 4.90 Å². The molecule has 152 valence electrons. The zero-order valence-corrected chi connectivity index (χ0v) is 17.2. The highest BCUT2D eigenvalue weighted by Gasteiger charge is 2.49. The number of hydrogen-bond acceptors (Lipinski definition) is 3. The van der Waals surface area contributed by atoms with Crippen LogP contribution in [-0.4, -0.2) is 22.8 Å². The van der Waals surface area contributed by atoms with Gasteiger partial charge in [0.1, 0.15) is 0 Å². The molecule has 4 rings (SSSR count). The van der Waals surface area contributed by atoms with Gasteiger partial charge < -0.3 is 0 Å². The zero-order chi connectivity index (χ0) is 21.8. The Balaban J connectivity index is 1.64. The summed E-state index contributed by atoms with van der Waals surface area (Å²) >= 11 is 0. The first-order valence-corrected chi connectivity index (χ1v) is 10.2. The second kappa shape index (κ2) is 8.81. The van der Waals surface area contributed by atoms with Crippen LogP contribution in [0.25, 0.3) is 6.08 Å². The van der Waals surface area contributed by atoms with E-state index in [0.717, 1.165) is 16.7 Å². The molecule has 0 unspecified atom stereocenters. The maximum Gasteiger partial charge on any atom is 0.261 e. The van der Waals surface area contributed by atoms with Gasteiger partial charge in [-0.2, -0.15) is 5.26 Å². The van der Waals surface area contributed by atoms with Crippen LogP contribution in [0.5, 0.6) is 0 Å². The summed E-state index contributed by atoms with van der Waals surface area (Å²) in [5.74, 6) is -0.798. The number of likely N-dealkylation sites (tertiary alicyclic amines) is 1. The van der Waals surface area contributed by atoms with E-state index in [9.17, 15) is 9.59 Å². The maximum atomic E-state index is 13.2. The van der Waals surface area contributed by atoms with Crippen LogP contribution in [0.15, 0.2) is 84.9 Å². The van der Waals surface area contributed by atoms with Crippen LogP contribution >= 0.6 is 0 Å². The Hall–Kier alpha value is -3.97. The van der Waals surface area contributed by atoms with Crippen LogP contribution < -0.4 is 0 Å². The van der Waals surface area contributed by atoms with E-state index in [4.69, 9.17) is 5.26 Å². The van der Waals surface area contributed by atoms with Crippen molar-refractivity contribution >= 4 is 17.9 Å². The third kappa shape index (κ3) is 4.17. The highest BCUT2D eigenvalue weighted by atomic mass is 16.2. The molecule has 0 aliphatic carbocycles. The predicted octanol–water partition coefficient (Wildman–Crippen LogP) is 4.79. The summed E-state index contributed by atoms with van der Waals surface area (Å²) < 4.78 is 0. The van der Waals surface area contributed by atoms with Crippen molar-refractivity contribution in [1.29, 1.82) is 5.26 Å². The molecule has 3 aromatic carbocycles. The minimum absolute atomic E-state index is 0.182. The molecule has 2 amide bonds. The number of amides is 2. The van der Waals surface area contributed by atoms with E-state index in [1.54, 1.807) is 18.2 Å². The smallest absolute Gasteiger partial charge is 0.261 e. The van der Waals surface area contributed by atoms with Crippen LogP contribution in [0, 0.1) is 24.2 Å². The molecule has 0 N–H and O–H groups in total. The number of benzene rings is 3. The van der Waals surface area contributed by atoms with Crippen molar-refractivity contribution in [1.82, 2.24) is 4.90 Å². The van der Waals surface area contributed by atoms with Crippen LogP contribution in [0.3, 0.4) is 0 Å². The number of β-lactam (4-membered cyclic amide) rings is 1. The summed E-state index contributed by atoms with van der Waals surface area (Å²) in [5.41, 5.74) is 3.87. The molecule has 3 aromatic rings. The zero-order valence-electron chi connectivity index (χ0n) is 17.2. The average Bonchev–Trinajstić information content (AvgIpc) is 2.80. The quantitative estimate of drug-likeness (QED) is 0.452. The maximum absolute atomic E-state index is 13.2. The normalized spacial score (nSPS) is 17.9. The van der Waals surface area contributed by atoms with Gasteiger partial charge in [0.15, 0.2) is 0 Å². The molecular formula is C27H22N2O2. The standard InChI is InChI=1S/C27H22N2O2/c1-19-8-5-6-13-23(19)26(30)29-25(15-14-20-9-3-2-4-10-20)24(27(29)31)17-21-11-7-12-22(16-21)18-28/h2-16,24-25H,17H2,1H3/b15-14+/t24-,25-/m1/s1. The summed E-state index contributed by atoms with van der Waals surface area (Å²) in [7, 11) is 0. The minimum atomic E-state index is -0.345. The lowest BCUT2D eigenvalue weighted by Gasteiger charge is -2.44. The summed E-state index contributed by atoms with van der Waals surface area (Å²) in [6.45, 7) is 1.87. The van der Waals surface area contributed by atoms with Crippen LogP contribution in [0.2, 0.25) is 0 Å². The van der Waals surface area contributed by atoms with E-state index in [-0.39, 0.29) is 23.8 Å². The van der Waals surface area contributed by atoms with E-state index in [2.05, 4.69) is 6.07 Å². The molecule has 0 aromatic heterocycles. The van der Waals surface area contributed by atoms with Crippen LogP contribution in [0.4, 0.5) is 0 Å². The molecule has 1 aliphatic heterocycles. The molecule has 2 atom stereocenters. The van der Waals surface area contributed by atoms with Gasteiger partial charge in [-0.1, -0.05) is 72.8 Å². The van der Waals surface area contributed by atoms with Crippen molar-refractivity contribution in [3.63, 3.8) is 0 Å². The molecule has 0 bridgehead atoms. The number of aryl methyl sites for hydroxylation is 1. The van der Waals surface area contributed by atoms with Crippen molar-refractivity contribution in [2.24, 2.45) is 5.92 Å². The van der Waals surface area contributed by atoms with E-state index < -0.39 is 0 Å². The first kappa shape index (κ1) is 20.3. The minimum Gasteiger partial charge on any atom is -0.274 e. The lowest BCUT2D eigenvalue weighted by Crippen LogP contribution is -2.63. The number of hydrogen-bond donors (Lipinski definition) is 0. The van der Waals surface area contributed by atoms with Gasteiger partial charge in [-0.15, -0.1) is 0 Å². The second-order valence-electron chi connectivity index (χ2n) is 7.71. The number of imide groups is 1. The Morgan fingerprint density at radius 2 is 1.77 bits per heavy atom. The van der Waals surface area contributed by atoms with Gasteiger partial charge in [-0.25, -0.2) is 0 Å². The number of rotatable bonds is 5. The SMILES string of the molecule is Cc1ccccc1C(=O)N1C(=O)[C@H](Cc2cccc(C#N)c2)[C@H]1/C=C/c1ccccc1. The first-order chi connectivity index (χ1) is 15.1. The molecule has 4 heteroatoms. The lowest BCUT2D eigenvalue weighted by molar-refractivity contribution is -0.147. The number of carbonyl (C=O) groups excluding carboxylic acids is 2. The summed E-state index contributed by atoms with van der Waals surface area (Å²) in [6, 6.07) is 26.2. The fraction of sp³-hybridized carbons (Fsp3) is 0.148. The molecule has 0 spiro atoms. The Morgan fingerprint density at radius 1 is 1.03 bits per heavy atom. The fourth-order valence-corrected chi connectivity index (χ4v) is 3.97. The second-order valence-corrected chi connectivity index (χ2v) is 7.71. The molecule has 4 nitrogen and oxygen atoms in total. The van der Waals surface area contributed by atoms with Crippen molar-refractivity contribution in [3.05, 3.63) is 113 Å². The van der Waals surface area contributed by atoms with E-state index >= 15 is 0 Å². The third-order valence-electron chi connectivity index (χ3n) is 5.66. The lowest BCUT2D eigenvalue weighted by atomic mass is 9.81. The summed E-state index contributed by atoms with van der Waals surface area (Å²) in [5, 5.41) is 9.17. The van der Waals surface area contributed by atoms with Crippen molar-refractivity contribution in [3.8, 4) is 6.07 Å². The number of nitriles is 1. The molecular weight excluding hydrogens is 384 g/mol. The molecule has 1 heterocycles. The third-order valence-corrected chi connectivity index (χ3v) is 5.66. The molecule has 0 radical (unpaired) electrons. The summed E-state index contributed by atoms with van der Waals surface area (Å²) in [4.78, 5) is 27.6. The Morgan fingerprint density at radius 3 is 2.52 bits per heavy atom. The Kier molecular flexibility index (Phi) is 5.77. The molecule has 31 heavy (non-hydrogen) atoms. The van der Waals surface area contributed by atoms with Gasteiger partial charge >= 0.3 is 0 Å². The highest BCUT2D eigenvalue weighted by Crippen LogP contribution is 2.33. The summed E-state index contributed by atoms with van der Waals surface area (Å²) in [6.07, 6.45) is 4.37. The van der Waals surface area contributed by atoms with Gasteiger partial charge in [0.2, 0.25) is 5.91 Å². The van der Waals surface area contributed by atoms with Gasteiger partial charge in [0, 0.05) is 5.56 Å². The average molecular weight is 406 g/mol. The van der Waals surface area contributed by atoms with Gasteiger partial charge in [-0.05, 0) is 48.2 Å². The van der Waals surface area contributed by atoms with Crippen molar-refractivity contribution < 1.29 is 9.59 Å². The monoisotopic (exact) mass is 406 g/mol. The number of nitrogens with zero attached hydrogens (tertiary/aromatic N) is 2. The molecule has 1 fully saturated rings. The van der Waals surface area contributed by atoms with Crippen LogP contribution in [-0.2, 0) is 11.2 Å². The Labute approximate surface area is 182 Å². The number of carbonyl (C=O) groups is 2. The topological polar surface area (TPSA) is 61.2 Å². The van der Waals surface area contributed by atoms with E-state index in [0.29, 0.717) is 17.5 Å². The largest absolute Gasteiger partial charge is 0.274 e. The highest BCUT2D eigenvalue weighted by molar-refractivity contribution is 6.10. The molecule has 0 saturated carbocycles. The van der Waals surface area contributed by atoms with Gasteiger partial charge in [0.25, 0.3) is 5.91 Å². The van der Waals surface area contributed by atoms with E-state index in [1.807, 2.05) is 79.7 Å². The molecule has 1 saturated heterocycles. The van der Waals surface area contributed by atoms with Crippen molar-refractivity contribution in [2.45, 2.75) is 19.4 Å². The van der Waals surface area contributed by atoms with Crippen molar-refractivity contribution in [2.75, 3.05) is 0 Å². The predicted molar refractivity (Wildman–Crippen MR) is 120 cm³/mol. The van der Waals surface area contributed by atoms with Crippen LogP contribution in [0.1, 0.15) is 32.6 Å². The Bertz CT molecular complexity index is 1190.